The second-order valence-electron chi connectivity index (χ2n) is 2.03. The first-order valence-electron chi connectivity index (χ1n) is 3.95. The molecule has 0 fully saturated rings. The van der Waals surface area contributed by atoms with Crippen LogP contribution in [0, 0.1) is 0 Å². The van der Waals surface area contributed by atoms with Gasteiger partial charge in [0.15, 0.2) is 0 Å². The van der Waals surface area contributed by atoms with Crippen molar-refractivity contribution in [3.8, 4) is 0 Å². The number of rotatable bonds is 0. The smallest absolute Gasteiger partial charge is 0.138 e. The van der Waals surface area contributed by atoms with Gasteiger partial charge in [-0.05, 0) is 28.1 Å². The largest absolute Gasteiger partial charge is 0.346 e. The van der Waals surface area contributed by atoms with Crippen molar-refractivity contribution >= 4 is 27.0 Å². The van der Waals surface area contributed by atoms with Crippen LogP contribution >= 0.6 is 15.9 Å². The Morgan fingerprint density at radius 3 is 2.75 bits per heavy atom. The lowest BCUT2D eigenvalue weighted by atomic mass is 10.3. The lowest BCUT2D eigenvalue weighted by Crippen LogP contribution is -1.73. The minimum atomic E-state index is 0.925. The van der Waals surface area contributed by atoms with E-state index in [0.717, 1.165) is 15.5 Å². The van der Waals surface area contributed by atoms with E-state index in [9.17, 15) is 0 Å². The fraction of sp³-hybridized carbons (Fsp3) is 0.222. The number of aromatic amines is 1. The molecule has 0 unspecified atom stereocenters. The van der Waals surface area contributed by atoms with Gasteiger partial charge in [-0.1, -0.05) is 13.8 Å². The summed E-state index contributed by atoms with van der Waals surface area (Å²) in [7, 11) is 0. The first-order chi connectivity index (χ1) is 5.88. The van der Waals surface area contributed by atoms with Crippen molar-refractivity contribution in [1.29, 1.82) is 0 Å². The molecule has 0 atom stereocenters. The van der Waals surface area contributed by atoms with Crippen LogP contribution in [0.3, 0.4) is 0 Å². The molecule has 0 aliphatic heterocycles. The van der Waals surface area contributed by atoms with Gasteiger partial charge in [-0.2, -0.15) is 0 Å². The van der Waals surface area contributed by atoms with Crippen LogP contribution in [0.4, 0.5) is 0 Å². The topological polar surface area (TPSA) is 28.7 Å². The fourth-order valence-electron chi connectivity index (χ4n) is 0.927. The van der Waals surface area contributed by atoms with Crippen molar-refractivity contribution < 1.29 is 0 Å². The van der Waals surface area contributed by atoms with E-state index in [4.69, 9.17) is 0 Å². The highest BCUT2D eigenvalue weighted by atomic mass is 79.9. The first-order valence-corrected chi connectivity index (χ1v) is 4.75. The number of H-pyrrole nitrogens is 1. The van der Waals surface area contributed by atoms with Gasteiger partial charge in [0.1, 0.15) is 5.65 Å². The van der Waals surface area contributed by atoms with Gasteiger partial charge < -0.3 is 4.98 Å². The summed E-state index contributed by atoms with van der Waals surface area (Å²) in [6.07, 6.45) is 3.64. The Balaban J connectivity index is 0.000000336. The zero-order valence-corrected chi connectivity index (χ0v) is 8.72. The monoisotopic (exact) mass is 226 g/mol. The highest BCUT2D eigenvalue weighted by Crippen LogP contribution is 2.19. The zero-order valence-electron chi connectivity index (χ0n) is 7.13. The summed E-state index contributed by atoms with van der Waals surface area (Å²) in [4.78, 5) is 7.14. The number of pyridine rings is 1. The van der Waals surface area contributed by atoms with Gasteiger partial charge >= 0.3 is 0 Å². The molecule has 0 spiro atoms. The summed E-state index contributed by atoms with van der Waals surface area (Å²) in [5.41, 5.74) is 0.925. The normalized spacial score (nSPS) is 9.25. The molecule has 0 saturated carbocycles. The molecule has 2 nitrogen and oxygen atoms in total. The summed E-state index contributed by atoms with van der Waals surface area (Å²) in [6, 6.07) is 3.92. The molecule has 64 valence electrons. The molecule has 1 N–H and O–H groups in total. The highest BCUT2D eigenvalue weighted by molar-refractivity contribution is 9.10. The number of hydrogen-bond donors (Lipinski definition) is 1. The van der Waals surface area contributed by atoms with Gasteiger partial charge in [0.05, 0.1) is 0 Å². The summed E-state index contributed by atoms with van der Waals surface area (Å²) in [5.74, 6) is 0. The quantitative estimate of drug-likeness (QED) is 0.734. The molecule has 0 aliphatic rings. The molecule has 12 heavy (non-hydrogen) atoms. The van der Waals surface area contributed by atoms with Gasteiger partial charge in [-0.15, -0.1) is 0 Å². The Kier molecular flexibility index (Phi) is 3.29. The number of fused-ring (bicyclic) bond motifs is 1. The lowest BCUT2D eigenvalue weighted by molar-refractivity contribution is 1.32. The van der Waals surface area contributed by atoms with E-state index in [2.05, 4.69) is 25.9 Å². The van der Waals surface area contributed by atoms with Crippen LogP contribution in [-0.4, -0.2) is 9.97 Å². The van der Waals surface area contributed by atoms with Gasteiger partial charge in [0, 0.05) is 22.3 Å². The molecule has 0 bridgehead atoms. The van der Waals surface area contributed by atoms with E-state index in [1.165, 1.54) is 0 Å². The summed E-state index contributed by atoms with van der Waals surface area (Å²) >= 11 is 3.42. The van der Waals surface area contributed by atoms with Crippen molar-refractivity contribution in [2.45, 2.75) is 13.8 Å². The first kappa shape index (κ1) is 9.26. The third-order valence-electron chi connectivity index (χ3n) is 1.41. The average molecular weight is 227 g/mol. The summed E-state index contributed by atoms with van der Waals surface area (Å²) in [6.45, 7) is 4.00. The van der Waals surface area contributed by atoms with Gasteiger partial charge in [0.25, 0.3) is 0 Å². The van der Waals surface area contributed by atoms with Crippen LogP contribution in [0.5, 0.6) is 0 Å². The van der Waals surface area contributed by atoms with Crippen molar-refractivity contribution in [2.24, 2.45) is 0 Å². The molecule has 2 heterocycles. The standard InChI is InChI=1S/C7H5BrN2.C2H6/c8-6-2-4-10-7-5(6)1-3-9-7;1-2/h1-4H,(H,9,10);1-2H3. The molecule has 0 aromatic carbocycles. The molecular formula is C9H11BrN2. The highest BCUT2D eigenvalue weighted by Gasteiger charge is 1.96. The SMILES string of the molecule is Brc1ccnc2[nH]ccc12.CC. The summed E-state index contributed by atoms with van der Waals surface area (Å²) in [5, 5.41) is 1.13. The third-order valence-corrected chi connectivity index (χ3v) is 2.10. The van der Waals surface area contributed by atoms with Gasteiger partial charge in [-0.3, -0.25) is 0 Å². The van der Waals surface area contributed by atoms with Crippen molar-refractivity contribution in [2.75, 3.05) is 0 Å². The zero-order chi connectivity index (χ0) is 8.97. The molecule has 2 aromatic heterocycles. The van der Waals surface area contributed by atoms with Crippen LogP contribution in [-0.2, 0) is 0 Å². The molecule has 2 aromatic rings. The molecule has 0 amide bonds. The van der Waals surface area contributed by atoms with Gasteiger partial charge in [-0.25, -0.2) is 4.98 Å². The van der Waals surface area contributed by atoms with E-state index < -0.39 is 0 Å². The maximum Gasteiger partial charge on any atom is 0.138 e. The van der Waals surface area contributed by atoms with Crippen LogP contribution in [0.1, 0.15) is 13.8 Å². The number of aromatic nitrogens is 2. The molecule has 3 heteroatoms. The number of hydrogen-bond acceptors (Lipinski definition) is 1. The van der Waals surface area contributed by atoms with Crippen molar-refractivity contribution in [3.63, 3.8) is 0 Å². The number of nitrogens with zero attached hydrogens (tertiary/aromatic N) is 1. The second-order valence-corrected chi connectivity index (χ2v) is 2.89. The Hall–Kier alpha value is -0.830. The van der Waals surface area contributed by atoms with Crippen LogP contribution in [0.15, 0.2) is 29.0 Å². The molecule has 0 radical (unpaired) electrons. The van der Waals surface area contributed by atoms with E-state index in [1.54, 1.807) is 6.20 Å². The van der Waals surface area contributed by atoms with E-state index in [1.807, 2.05) is 32.2 Å². The predicted octanol–water partition coefficient (Wildman–Crippen LogP) is 3.35. The molecule has 2 rings (SSSR count). The maximum absolute atomic E-state index is 4.12. The molecule has 0 aliphatic carbocycles. The van der Waals surface area contributed by atoms with E-state index in [-0.39, 0.29) is 0 Å². The third kappa shape index (κ3) is 1.67. The minimum absolute atomic E-state index is 0.925. The van der Waals surface area contributed by atoms with Crippen molar-refractivity contribution in [1.82, 2.24) is 9.97 Å². The predicted molar refractivity (Wildman–Crippen MR) is 55.1 cm³/mol. The second kappa shape index (κ2) is 4.26. The Labute approximate surface area is 80.1 Å². The van der Waals surface area contributed by atoms with Crippen LogP contribution in [0.2, 0.25) is 0 Å². The Morgan fingerprint density at radius 1 is 1.33 bits per heavy atom. The van der Waals surface area contributed by atoms with E-state index in [0.29, 0.717) is 0 Å². The Morgan fingerprint density at radius 2 is 2.08 bits per heavy atom. The van der Waals surface area contributed by atoms with Gasteiger partial charge in [0.2, 0.25) is 0 Å². The summed E-state index contributed by atoms with van der Waals surface area (Å²) < 4.78 is 1.08. The molecular weight excluding hydrogens is 216 g/mol. The number of nitrogens with one attached hydrogen (secondary N) is 1. The molecule has 0 saturated heterocycles. The minimum Gasteiger partial charge on any atom is -0.346 e. The van der Waals surface area contributed by atoms with Crippen LogP contribution < -0.4 is 0 Å². The van der Waals surface area contributed by atoms with Crippen LogP contribution in [0.25, 0.3) is 11.0 Å². The number of halogens is 1. The fourth-order valence-corrected chi connectivity index (χ4v) is 1.37. The lowest BCUT2D eigenvalue weighted by Gasteiger charge is -1.89. The van der Waals surface area contributed by atoms with Crippen molar-refractivity contribution in [3.05, 3.63) is 29.0 Å². The Bertz CT molecular complexity index is 354. The van der Waals surface area contributed by atoms with E-state index >= 15 is 0 Å². The average Bonchev–Trinajstić information content (AvgIpc) is 2.57. The maximum atomic E-state index is 4.12.